The van der Waals surface area contributed by atoms with Crippen LogP contribution >= 0.6 is 0 Å². The molecule has 0 aliphatic rings. The molecule has 1 aromatic carbocycles. The maximum absolute atomic E-state index is 12.7. The van der Waals surface area contributed by atoms with Crippen molar-refractivity contribution in [2.24, 2.45) is 0 Å². The van der Waals surface area contributed by atoms with E-state index < -0.39 is 28.0 Å². The molecular weight excluding hydrogens is 406 g/mol. The average molecular weight is 436 g/mol. The van der Waals surface area contributed by atoms with Crippen LogP contribution < -0.4 is 10.0 Å². The minimum absolute atomic E-state index is 0.0536. The van der Waals surface area contributed by atoms with Crippen LogP contribution in [-0.2, 0) is 26.2 Å². The predicted molar refractivity (Wildman–Crippen MR) is 113 cm³/mol. The summed E-state index contributed by atoms with van der Waals surface area (Å²) in [6.45, 7) is 6.95. The van der Waals surface area contributed by atoms with Crippen molar-refractivity contribution in [3.63, 3.8) is 0 Å². The Balaban J connectivity index is 2.08. The van der Waals surface area contributed by atoms with E-state index >= 15 is 0 Å². The van der Waals surface area contributed by atoms with Crippen LogP contribution in [0.4, 0.5) is 0 Å². The summed E-state index contributed by atoms with van der Waals surface area (Å²) < 4.78 is 32.5. The number of carbonyl (C=O) groups excluding carboxylic acids is 2. The molecule has 0 unspecified atom stereocenters. The Kier molecular flexibility index (Phi) is 7.80. The summed E-state index contributed by atoms with van der Waals surface area (Å²) in [5, 5.41) is 2.87. The molecular formula is C21H29N3O5S. The Hall–Kier alpha value is -2.65. The zero-order chi connectivity index (χ0) is 22.4. The number of furan rings is 1. The fourth-order valence-corrected chi connectivity index (χ4v) is 3.55. The molecule has 8 nitrogen and oxygen atoms in total. The fourth-order valence-electron chi connectivity index (χ4n) is 2.57. The van der Waals surface area contributed by atoms with E-state index in [-0.39, 0.29) is 23.9 Å². The molecule has 2 N–H and O–H groups in total. The van der Waals surface area contributed by atoms with Gasteiger partial charge in [0.1, 0.15) is 12.3 Å². The van der Waals surface area contributed by atoms with Gasteiger partial charge in [0, 0.05) is 5.54 Å². The zero-order valence-electron chi connectivity index (χ0n) is 17.8. The van der Waals surface area contributed by atoms with Gasteiger partial charge in [0.25, 0.3) is 0 Å². The van der Waals surface area contributed by atoms with Crippen molar-refractivity contribution in [1.29, 1.82) is 0 Å². The molecule has 9 heteroatoms. The molecule has 0 spiro atoms. The monoisotopic (exact) mass is 435 g/mol. The lowest BCUT2D eigenvalue weighted by Gasteiger charge is -2.27. The summed E-state index contributed by atoms with van der Waals surface area (Å²) in [6.07, 6.45) is 2.19. The lowest BCUT2D eigenvalue weighted by Crippen LogP contribution is -2.49. The van der Waals surface area contributed by atoms with Crippen molar-refractivity contribution in [2.45, 2.75) is 51.1 Å². The molecule has 30 heavy (non-hydrogen) atoms. The highest BCUT2D eigenvalue weighted by Gasteiger charge is 2.24. The van der Waals surface area contributed by atoms with Crippen LogP contribution in [0.25, 0.3) is 0 Å². The molecule has 1 aromatic heterocycles. The molecule has 0 bridgehead atoms. The summed E-state index contributed by atoms with van der Waals surface area (Å²) in [5.41, 5.74) is 0.513. The Morgan fingerprint density at radius 2 is 1.80 bits per heavy atom. The van der Waals surface area contributed by atoms with Gasteiger partial charge < -0.3 is 14.6 Å². The first-order valence-electron chi connectivity index (χ1n) is 9.70. The maximum Gasteiger partial charge on any atom is 0.241 e. The number of sulfonamides is 1. The summed E-state index contributed by atoms with van der Waals surface area (Å²) in [6, 6.07) is 9.67. The predicted octanol–water partition coefficient (Wildman–Crippen LogP) is 2.20. The van der Waals surface area contributed by atoms with Crippen LogP contribution in [0.3, 0.4) is 0 Å². The van der Waals surface area contributed by atoms with Crippen molar-refractivity contribution < 1.29 is 22.4 Å². The summed E-state index contributed by atoms with van der Waals surface area (Å²) in [4.78, 5) is 26.5. The van der Waals surface area contributed by atoms with Crippen LogP contribution in [0.15, 0.2) is 52.0 Å². The van der Waals surface area contributed by atoms with Crippen LogP contribution in [0.1, 0.15) is 38.5 Å². The van der Waals surface area contributed by atoms with Crippen LogP contribution in [0, 0.1) is 6.92 Å². The van der Waals surface area contributed by atoms with Gasteiger partial charge >= 0.3 is 0 Å². The number of hydrogen-bond acceptors (Lipinski definition) is 5. The van der Waals surface area contributed by atoms with Gasteiger partial charge in [0.15, 0.2) is 0 Å². The summed E-state index contributed by atoms with van der Waals surface area (Å²) in [7, 11) is -3.85. The van der Waals surface area contributed by atoms with Crippen molar-refractivity contribution in [3.8, 4) is 0 Å². The minimum atomic E-state index is -3.85. The zero-order valence-corrected chi connectivity index (χ0v) is 18.6. The molecule has 0 fully saturated rings. The fraction of sp³-hybridized carbons (Fsp3) is 0.429. The number of nitrogens with one attached hydrogen (secondary N) is 2. The first kappa shape index (κ1) is 23.6. The second-order valence-electron chi connectivity index (χ2n) is 7.75. The SMILES string of the molecule is CCC(C)(C)NC(=O)CN(Cc1ccco1)C(=O)CNS(=O)(=O)c1ccc(C)cc1. The number of carbonyl (C=O) groups is 2. The molecule has 0 atom stereocenters. The van der Waals surface area contributed by atoms with Gasteiger partial charge in [0.2, 0.25) is 21.8 Å². The highest BCUT2D eigenvalue weighted by Crippen LogP contribution is 2.11. The van der Waals surface area contributed by atoms with E-state index in [4.69, 9.17) is 4.42 Å². The van der Waals surface area contributed by atoms with Gasteiger partial charge in [-0.15, -0.1) is 0 Å². The lowest BCUT2D eigenvalue weighted by atomic mass is 10.0. The number of rotatable bonds is 10. The first-order valence-corrected chi connectivity index (χ1v) is 11.2. The molecule has 0 radical (unpaired) electrons. The van der Waals surface area contributed by atoms with Crippen LogP contribution in [-0.4, -0.2) is 43.8 Å². The Bertz CT molecular complexity index is 951. The lowest BCUT2D eigenvalue weighted by molar-refractivity contribution is -0.136. The van der Waals surface area contributed by atoms with Crippen molar-refractivity contribution in [2.75, 3.05) is 13.1 Å². The molecule has 0 saturated heterocycles. The smallest absolute Gasteiger partial charge is 0.241 e. The number of nitrogens with zero attached hydrogens (tertiary/aromatic N) is 1. The normalized spacial score (nSPS) is 11.9. The second kappa shape index (κ2) is 9.90. The Morgan fingerprint density at radius 3 is 2.37 bits per heavy atom. The largest absolute Gasteiger partial charge is 0.467 e. The van der Waals surface area contributed by atoms with Crippen molar-refractivity contribution in [1.82, 2.24) is 14.9 Å². The van der Waals surface area contributed by atoms with Gasteiger partial charge in [-0.05, 0) is 51.5 Å². The minimum Gasteiger partial charge on any atom is -0.467 e. The summed E-state index contributed by atoms with van der Waals surface area (Å²) >= 11 is 0. The van der Waals surface area contributed by atoms with Gasteiger partial charge in [0.05, 0.1) is 24.2 Å². The molecule has 2 aromatic rings. The molecule has 0 aliphatic heterocycles. The maximum atomic E-state index is 12.7. The molecule has 164 valence electrons. The van der Waals surface area contributed by atoms with E-state index in [0.717, 1.165) is 12.0 Å². The van der Waals surface area contributed by atoms with Crippen LogP contribution in [0.2, 0.25) is 0 Å². The number of amides is 2. The third kappa shape index (κ3) is 7.00. The number of aryl methyl sites for hydroxylation is 1. The Morgan fingerprint density at radius 1 is 1.13 bits per heavy atom. The number of hydrogen-bond donors (Lipinski definition) is 2. The van der Waals surface area contributed by atoms with E-state index in [9.17, 15) is 18.0 Å². The second-order valence-corrected chi connectivity index (χ2v) is 9.52. The van der Waals surface area contributed by atoms with Crippen molar-refractivity contribution in [3.05, 3.63) is 54.0 Å². The third-order valence-electron chi connectivity index (χ3n) is 4.72. The first-order chi connectivity index (χ1) is 14.0. The van der Waals surface area contributed by atoms with Gasteiger partial charge in [-0.1, -0.05) is 24.6 Å². The number of benzene rings is 1. The highest BCUT2D eigenvalue weighted by atomic mass is 32.2. The van der Waals surface area contributed by atoms with Crippen molar-refractivity contribution >= 4 is 21.8 Å². The van der Waals surface area contributed by atoms with E-state index in [0.29, 0.717) is 5.76 Å². The van der Waals surface area contributed by atoms with Gasteiger partial charge in [-0.2, -0.15) is 0 Å². The average Bonchev–Trinajstić information content (AvgIpc) is 3.18. The van der Waals surface area contributed by atoms with Gasteiger partial charge in [-0.3, -0.25) is 9.59 Å². The highest BCUT2D eigenvalue weighted by molar-refractivity contribution is 7.89. The standard InChI is InChI=1S/C21H29N3O5S/c1-5-21(3,4)23-19(25)15-24(14-17-7-6-12-29-17)20(26)13-22-30(27,28)18-10-8-16(2)9-11-18/h6-12,22H,5,13-15H2,1-4H3,(H,23,25). The van der Waals surface area contributed by atoms with E-state index in [1.54, 1.807) is 24.3 Å². The molecule has 2 amide bonds. The molecule has 0 aliphatic carbocycles. The topological polar surface area (TPSA) is 109 Å². The Labute approximate surface area is 177 Å². The van der Waals surface area contributed by atoms with E-state index in [1.807, 2.05) is 27.7 Å². The molecule has 0 saturated carbocycles. The van der Waals surface area contributed by atoms with E-state index in [1.165, 1.54) is 23.3 Å². The third-order valence-corrected chi connectivity index (χ3v) is 6.14. The quantitative estimate of drug-likeness (QED) is 0.595. The van der Waals surface area contributed by atoms with E-state index in [2.05, 4.69) is 10.0 Å². The summed E-state index contributed by atoms with van der Waals surface area (Å²) in [5.74, 6) is -0.373. The van der Waals surface area contributed by atoms with Crippen LogP contribution in [0.5, 0.6) is 0 Å². The molecule has 1 heterocycles. The van der Waals surface area contributed by atoms with Gasteiger partial charge in [-0.25, -0.2) is 13.1 Å². The molecule has 2 rings (SSSR count).